The summed E-state index contributed by atoms with van der Waals surface area (Å²) in [5.74, 6) is -0.277. The molecule has 1 aromatic rings. The highest BCUT2D eigenvalue weighted by Crippen LogP contribution is 2.29. The van der Waals surface area contributed by atoms with Crippen molar-refractivity contribution in [1.29, 1.82) is 0 Å². The van der Waals surface area contributed by atoms with E-state index in [0.29, 0.717) is 12.1 Å². The number of likely N-dealkylation sites (N-methyl/N-ethyl adjacent to an activating group) is 1. The summed E-state index contributed by atoms with van der Waals surface area (Å²) in [4.78, 5) is 25.9. The molecule has 6 heteroatoms. The van der Waals surface area contributed by atoms with Crippen molar-refractivity contribution in [3.8, 4) is 0 Å². The second-order valence-electron chi connectivity index (χ2n) is 4.98. The van der Waals surface area contributed by atoms with E-state index in [9.17, 15) is 9.59 Å². The van der Waals surface area contributed by atoms with Crippen molar-refractivity contribution >= 4 is 23.2 Å². The molecular formula is C15H22N4O2. The van der Waals surface area contributed by atoms with Crippen LogP contribution in [0.25, 0.3) is 0 Å². The molecule has 0 bridgehead atoms. The van der Waals surface area contributed by atoms with Crippen molar-refractivity contribution in [3.05, 3.63) is 23.8 Å². The number of nitrogens with one attached hydrogen (secondary N) is 3. The summed E-state index contributed by atoms with van der Waals surface area (Å²) in [6, 6.07) is 5.60. The Labute approximate surface area is 124 Å². The van der Waals surface area contributed by atoms with Crippen LogP contribution in [0.15, 0.2) is 18.2 Å². The third-order valence-corrected chi connectivity index (χ3v) is 3.43. The van der Waals surface area contributed by atoms with Crippen LogP contribution in [0.2, 0.25) is 0 Å². The zero-order valence-corrected chi connectivity index (χ0v) is 12.5. The Morgan fingerprint density at radius 1 is 1.29 bits per heavy atom. The van der Waals surface area contributed by atoms with Gasteiger partial charge in [0.2, 0.25) is 5.91 Å². The molecular weight excluding hydrogens is 268 g/mol. The van der Waals surface area contributed by atoms with Gasteiger partial charge in [0.05, 0.1) is 23.5 Å². The van der Waals surface area contributed by atoms with E-state index in [1.165, 1.54) is 0 Å². The first-order chi connectivity index (χ1) is 10.2. The minimum absolute atomic E-state index is 0.0836. The Hall–Kier alpha value is -2.24. The lowest BCUT2D eigenvalue weighted by Crippen LogP contribution is -2.40. The van der Waals surface area contributed by atoms with Crippen LogP contribution >= 0.6 is 0 Å². The first-order valence-corrected chi connectivity index (χ1v) is 7.28. The Balaban J connectivity index is 2.26. The summed E-state index contributed by atoms with van der Waals surface area (Å²) < 4.78 is 0. The first kappa shape index (κ1) is 15.2. The highest BCUT2D eigenvalue weighted by atomic mass is 16.2. The minimum atomic E-state index is -0.160. The number of hydrogen-bond donors (Lipinski definition) is 3. The van der Waals surface area contributed by atoms with E-state index < -0.39 is 0 Å². The Bertz CT molecular complexity index is 530. The number of hydrogen-bond acceptors (Lipinski definition) is 4. The van der Waals surface area contributed by atoms with Gasteiger partial charge in [-0.15, -0.1) is 0 Å². The molecule has 3 N–H and O–H groups in total. The number of nitrogens with zero attached hydrogens (tertiary/aromatic N) is 1. The normalized spacial score (nSPS) is 12.7. The highest BCUT2D eigenvalue weighted by molar-refractivity contribution is 6.04. The van der Waals surface area contributed by atoms with Crippen LogP contribution in [0.4, 0.5) is 11.4 Å². The third kappa shape index (κ3) is 3.45. The molecule has 0 unspecified atom stereocenters. The van der Waals surface area contributed by atoms with Gasteiger partial charge >= 0.3 is 0 Å². The summed E-state index contributed by atoms with van der Waals surface area (Å²) in [5.41, 5.74) is 2.37. The number of benzene rings is 1. The van der Waals surface area contributed by atoms with Crippen molar-refractivity contribution in [2.24, 2.45) is 0 Å². The van der Waals surface area contributed by atoms with Crippen LogP contribution in [0, 0.1) is 0 Å². The Morgan fingerprint density at radius 3 is 2.76 bits per heavy atom. The smallest absolute Gasteiger partial charge is 0.256 e. The minimum Gasteiger partial charge on any atom is -0.382 e. The van der Waals surface area contributed by atoms with Crippen LogP contribution in [0.5, 0.6) is 0 Å². The van der Waals surface area contributed by atoms with E-state index in [1.54, 1.807) is 18.0 Å². The lowest BCUT2D eigenvalue weighted by molar-refractivity contribution is -0.121. The van der Waals surface area contributed by atoms with Gasteiger partial charge in [0.1, 0.15) is 0 Å². The zero-order chi connectivity index (χ0) is 15.2. The van der Waals surface area contributed by atoms with Crippen LogP contribution in [0.1, 0.15) is 23.7 Å². The topological polar surface area (TPSA) is 73.5 Å². The van der Waals surface area contributed by atoms with Gasteiger partial charge in [-0.1, -0.05) is 13.0 Å². The summed E-state index contributed by atoms with van der Waals surface area (Å²) in [6.45, 7) is 4.25. The van der Waals surface area contributed by atoms with Gasteiger partial charge in [-0.3, -0.25) is 9.59 Å². The van der Waals surface area contributed by atoms with Crippen molar-refractivity contribution in [2.75, 3.05) is 43.9 Å². The highest BCUT2D eigenvalue weighted by Gasteiger charge is 2.22. The average Bonchev–Trinajstić information content (AvgIpc) is 2.53. The van der Waals surface area contributed by atoms with Gasteiger partial charge in [0.25, 0.3) is 5.91 Å². The van der Waals surface area contributed by atoms with Crippen molar-refractivity contribution in [2.45, 2.75) is 13.3 Å². The predicted octanol–water partition coefficient (Wildman–Crippen LogP) is 1.12. The number of fused-ring (bicyclic) bond motifs is 1. The molecule has 0 atom stereocenters. The molecule has 114 valence electrons. The number of amides is 2. The third-order valence-electron chi connectivity index (χ3n) is 3.43. The van der Waals surface area contributed by atoms with E-state index in [1.807, 2.05) is 19.1 Å². The fraction of sp³-hybridized carbons (Fsp3) is 0.467. The molecule has 1 aliphatic heterocycles. The number of rotatable bonds is 5. The Morgan fingerprint density at radius 2 is 2.05 bits per heavy atom. The summed E-state index contributed by atoms with van der Waals surface area (Å²) in [6.07, 6.45) is 0.809. The lowest BCUT2D eigenvalue weighted by Gasteiger charge is -2.26. The monoisotopic (exact) mass is 290 g/mol. The van der Waals surface area contributed by atoms with Crippen LogP contribution in [-0.4, -0.2) is 49.9 Å². The second kappa shape index (κ2) is 6.97. The summed E-state index contributed by atoms with van der Waals surface area (Å²) in [7, 11) is 1.58. The molecule has 1 aliphatic rings. The molecule has 6 nitrogen and oxygen atoms in total. The number of carbonyl (C=O) groups is 2. The Kier molecular flexibility index (Phi) is 5.03. The van der Waals surface area contributed by atoms with Crippen LogP contribution in [-0.2, 0) is 4.79 Å². The first-order valence-electron chi connectivity index (χ1n) is 7.28. The van der Waals surface area contributed by atoms with E-state index in [0.717, 1.165) is 30.9 Å². The molecule has 2 rings (SSSR count). The molecule has 0 spiro atoms. The average molecular weight is 290 g/mol. The van der Waals surface area contributed by atoms with Crippen LogP contribution in [0.3, 0.4) is 0 Å². The molecule has 0 radical (unpaired) electrons. The van der Waals surface area contributed by atoms with E-state index in [2.05, 4.69) is 16.0 Å². The van der Waals surface area contributed by atoms with Gasteiger partial charge in [0, 0.05) is 26.7 Å². The maximum absolute atomic E-state index is 12.7. The second-order valence-corrected chi connectivity index (χ2v) is 4.98. The largest absolute Gasteiger partial charge is 0.382 e. The summed E-state index contributed by atoms with van der Waals surface area (Å²) in [5, 5.41) is 9.10. The predicted molar refractivity (Wildman–Crippen MR) is 83.7 cm³/mol. The zero-order valence-electron chi connectivity index (χ0n) is 12.5. The van der Waals surface area contributed by atoms with Gasteiger partial charge in [-0.25, -0.2) is 0 Å². The molecule has 21 heavy (non-hydrogen) atoms. The molecule has 1 heterocycles. The van der Waals surface area contributed by atoms with Crippen molar-refractivity contribution in [3.63, 3.8) is 0 Å². The van der Waals surface area contributed by atoms with Crippen molar-refractivity contribution in [1.82, 2.24) is 10.2 Å². The number of para-hydroxylation sites is 1. The summed E-state index contributed by atoms with van der Waals surface area (Å²) >= 11 is 0. The molecule has 0 aromatic heterocycles. The molecule has 0 aliphatic carbocycles. The molecule has 0 saturated carbocycles. The molecule has 2 amide bonds. The van der Waals surface area contributed by atoms with Crippen LogP contribution < -0.4 is 16.0 Å². The van der Waals surface area contributed by atoms with Crippen molar-refractivity contribution < 1.29 is 9.59 Å². The fourth-order valence-corrected chi connectivity index (χ4v) is 2.40. The maximum atomic E-state index is 12.7. The van der Waals surface area contributed by atoms with E-state index >= 15 is 0 Å². The van der Waals surface area contributed by atoms with E-state index in [-0.39, 0.29) is 18.4 Å². The van der Waals surface area contributed by atoms with Gasteiger partial charge in [-0.2, -0.15) is 0 Å². The quantitative estimate of drug-likeness (QED) is 0.760. The molecule has 0 saturated heterocycles. The number of anilines is 2. The lowest BCUT2D eigenvalue weighted by atomic mass is 10.1. The standard InChI is InChI=1S/C15H22N4O2/c1-3-9-19(10-13(20)16-2)15(21)11-5-4-6-12-14(11)18-8-7-17-12/h4-6,17-18H,3,7-10H2,1-2H3,(H,16,20). The van der Waals surface area contributed by atoms with Gasteiger partial charge in [-0.05, 0) is 18.6 Å². The molecule has 0 fully saturated rings. The fourth-order valence-electron chi connectivity index (χ4n) is 2.40. The number of carbonyl (C=O) groups excluding carboxylic acids is 2. The van der Waals surface area contributed by atoms with E-state index in [4.69, 9.17) is 0 Å². The maximum Gasteiger partial charge on any atom is 0.256 e. The molecule has 1 aromatic carbocycles. The SMILES string of the molecule is CCCN(CC(=O)NC)C(=O)c1cccc2c1NCCN2. The van der Waals surface area contributed by atoms with Gasteiger partial charge < -0.3 is 20.9 Å². The van der Waals surface area contributed by atoms with Gasteiger partial charge in [0.15, 0.2) is 0 Å².